The molecule has 2 heterocycles. The lowest BCUT2D eigenvalue weighted by Crippen LogP contribution is -2.35. The van der Waals surface area contributed by atoms with Crippen LogP contribution in [-0.2, 0) is 9.59 Å². The predicted molar refractivity (Wildman–Crippen MR) is 95.2 cm³/mol. The zero-order valence-corrected chi connectivity index (χ0v) is 14.4. The number of thioether (sulfide) groups is 1. The van der Waals surface area contributed by atoms with Crippen LogP contribution < -0.4 is 20.3 Å². The minimum Gasteiger partial charge on any atom is -0.479 e. The topological polar surface area (TPSA) is 70.7 Å². The van der Waals surface area contributed by atoms with Gasteiger partial charge in [-0.3, -0.25) is 14.5 Å². The molecule has 122 valence electrons. The van der Waals surface area contributed by atoms with Crippen LogP contribution in [0.4, 0.5) is 11.4 Å². The highest BCUT2D eigenvalue weighted by molar-refractivity contribution is 7.98. The second kappa shape index (κ2) is 6.37. The van der Waals surface area contributed by atoms with E-state index in [1.54, 1.807) is 36.9 Å². The normalized spacial score (nSPS) is 23.2. The van der Waals surface area contributed by atoms with Crippen LogP contribution in [0, 0.1) is 0 Å². The molecule has 23 heavy (non-hydrogen) atoms. The van der Waals surface area contributed by atoms with E-state index in [-0.39, 0.29) is 17.9 Å². The quantitative estimate of drug-likeness (QED) is 0.806. The van der Waals surface area contributed by atoms with E-state index >= 15 is 0 Å². The number of amides is 2. The smallest absolute Gasteiger partial charge is 0.265 e. The van der Waals surface area contributed by atoms with Crippen LogP contribution in [0.5, 0.6) is 5.75 Å². The van der Waals surface area contributed by atoms with E-state index in [0.29, 0.717) is 22.2 Å². The number of nitrogens with one attached hydrogen (secondary N) is 2. The molecule has 0 aliphatic carbocycles. The van der Waals surface area contributed by atoms with Gasteiger partial charge in [0.2, 0.25) is 0 Å². The van der Waals surface area contributed by atoms with Crippen molar-refractivity contribution in [2.45, 2.75) is 25.5 Å². The lowest BCUT2D eigenvalue weighted by Gasteiger charge is -2.25. The SMILES string of the molecule is CSCC[C@H]1NC(=S)N(c2ccc3c(c2)NC(=O)[C@@H](C)O3)C1=O. The zero-order valence-electron chi connectivity index (χ0n) is 12.8. The van der Waals surface area contributed by atoms with Crippen molar-refractivity contribution in [2.24, 2.45) is 0 Å². The fraction of sp³-hybridized carbons (Fsp3) is 0.400. The number of carbonyl (C=O) groups excluding carboxylic acids is 2. The van der Waals surface area contributed by atoms with Crippen molar-refractivity contribution in [3.63, 3.8) is 0 Å². The Bertz CT molecular complexity index is 680. The van der Waals surface area contributed by atoms with Gasteiger partial charge in [0, 0.05) is 0 Å². The Morgan fingerprint density at radius 3 is 2.91 bits per heavy atom. The summed E-state index contributed by atoms with van der Waals surface area (Å²) in [6.45, 7) is 1.69. The number of rotatable bonds is 4. The summed E-state index contributed by atoms with van der Waals surface area (Å²) in [5.41, 5.74) is 1.17. The molecule has 0 saturated carbocycles. The highest BCUT2D eigenvalue weighted by atomic mass is 32.2. The van der Waals surface area contributed by atoms with Gasteiger partial charge in [0.1, 0.15) is 11.8 Å². The van der Waals surface area contributed by atoms with Crippen molar-refractivity contribution >= 4 is 52.3 Å². The molecule has 1 aromatic carbocycles. The van der Waals surface area contributed by atoms with E-state index in [4.69, 9.17) is 17.0 Å². The minimum atomic E-state index is -0.527. The highest BCUT2D eigenvalue weighted by Gasteiger charge is 2.36. The Labute approximate surface area is 143 Å². The molecular weight excluding hydrogens is 334 g/mol. The molecule has 0 bridgehead atoms. The number of fused-ring (bicyclic) bond motifs is 1. The van der Waals surface area contributed by atoms with Crippen molar-refractivity contribution in [2.75, 3.05) is 22.2 Å². The van der Waals surface area contributed by atoms with Crippen LogP contribution in [0.15, 0.2) is 18.2 Å². The molecule has 0 unspecified atom stereocenters. The van der Waals surface area contributed by atoms with Crippen molar-refractivity contribution in [1.29, 1.82) is 0 Å². The molecule has 2 N–H and O–H groups in total. The van der Waals surface area contributed by atoms with Crippen LogP contribution in [-0.4, -0.2) is 41.1 Å². The number of hydrogen-bond acceptors (Lipinski definition) is 5. The van der Waals surface area contributed by atoms with Gasteiger partial charge >= 0.3 is 0 Å². The van der Waals surface area contributed by atoms with Gasteiger partial charge in [-0.05, 0) is 55.8 Å². The molecule has 3 rings (SSSR count). The summed E-state index contributed by atoms with van der Waals surface area (Å²) in [4.78, 5) is 25.8. The van der Waals surface area contributed by atoms with Gasteiger partial charge in [0.05, 0.1) is 11.4 Å². The minimum absolute atomic E-state index is 0.0691. The number of benzene rings is 1. The summed E-state index contributed by atoms with van der Waals surface area (Å²) in [6, 6.07) is 4.93. The number of anilines is 2. The van der Waals surface area contributed by atoms with Crippen LogP contribution >= 0.6 is 24.0 Å². The Kier molecular flexibility index (Phi) is 4.45. The number of ether oxygens (including phenoxy) is 1. The van der Waals surface area contributed by atoms with E-state index in [9.17, 15) is 9.59 Å². The molecule has 1 saturated heterocycles. The largest absolute Gasteiger partial charge is 0.479 e. The van der Waals surface area contributed by atoms with Crippen LogP contribution in [0.25, 0.3) is 0 Å². The van der Waals surface area contributed by atoms with E-state index < -0.39 is 6.10 Å². The third-order valence-electron chi connectivity index (χ3n) is 3.78. The molecule has 2 aliphatic rings. The fourth-order valence-corrected chi connectivity index (χ4v) is 3.35. The van der Waals surface area contributed by atoms with Crippen molar-refractivity contribution in [3.8, 4) is 5.75 Å². The van der Waals surface area contributed by atoms with E-state index in [0.717, 1.165) is 12.2 Å². The molecule has 1 aromatic rings. The monoisotopic (exact) mass is 351 g/mol. The van der Waals surface area contributed by atoms with E-state index in [1.807, 2.05) is 6.26 Å². The van der Waals surface area contributed by atoms with E-state index in [1.165, 1.54) is 4.90 Å². The molecule has 2 amide bonds. The lowest BCUT2D eigenvalue weighted by molar-refractivity contribution is -0.122. The second-order valence-corrected chi connectivity index (χ2v) is 6.76. The standard InChI is InChI=1S/C15H17N3O3S2/c1-8-13(19)16-11-7-9(3-4-12(11)21-8)18-14(20)10(5-6-23-2)17-15(18)22/h3-4,7-8,10H,5-6H2,1-2H3,(H,16,19)(H,17,22)/t8-,10-/m1/s1. The third kappa shape index (κ3) is 3.00. The van der Waals surface area contributed by atoms with Crippen LogP contribution in [0.3, 0.4) is 0 Å². The molecule has 8 heteroatoms. The first-order valence-corrected chi connectivity index (χ1v) is 9.06. The molecule has 0 aromatic heterocycles. The maximum absolute atomic E-state index is 12.6. The summed E-state index contributed by atoms with van der Waals surface area (Å²) < 4.78 is 5.52. The number of nitrogens with zero attached hydrogens (tertiary/aromatic N) is 1. The van der Waals surface area contributed by atoms with Gasteiger partial charge in [-0.1, -0.05) is 0 Å². The number of thiocarbonyl (C=S) groups is 1. The molecule has 2 aliphatic heterocycles. The Morgan fingerprint density at radius 2 is 2.17 bits per heavy atom. The third-order valence-corrected chi connectivity index (χ3v) is 4.73. The summed E-state index contributed by atoms with van der Waals surface area (Å²) in [5, 5.41) is 6.23. The Morgan fingerprint density at radius 1 is 1.39 bits per heavy atom. The maximum Gasteiger partial charge on any atom is 0.265 e. The lowest BCUT2D eigenvalue weighted by atomic mass is 10.2. The van der Waals surface area contributed by atoms with Crippen molar-refractivity contribution in [3.05, 3.63) is 18.2 Å². The van der Waals surface area contributed by atoms with Gasteiger partial charge < -0.3 is 15.4 Å². The van der Waals surface area contributed by atoms with E-state index in [2.05, 4.69) is 10.6 Å². The first-order chi connectivity index (χ1) is 11.0. The summed E-state index contributed by atoms with van der Waals surface area (Å²) in [5.74, 6) is 1.19. The first-order valence-electron chi connectivity index (χ1n) is 7.26. The fourth-order valence-electron chi connectivity index (χ4n) is 2.54. The Balaban J connectivity index is 1.85. The predicted octanol–water partition coefficient (Wildman–Crippen LogP) is 1.75. The van der Waals surface area contributed by atoms with Crippen LogP contribution in [0.2, 0.25) is 0 Å². The molecule has 2 atom stereocenters. The molecular formula is C15H17N3O3S2. The van der Waals surface area contributed by atoms with Gasteiger partial charge in [-0.2, -0.15) is 11.8 Å². The molecule has 0 radical (unpaired) electrons. The van der Waals surface area contributed by atoms with Gasteiger partial charge in [0.25, 0.3) is 11.8 Å². The maximum atomic E-state index is 12.6. The summed E-state index contributed by atoms with van der Waals surface area (Å²) >= 11 is 6.98. The van der Waals surface area contributed by atoms with Crippen molar-refractivity contribution < 1.29 is 14.3 Å². The van der Waals surface area contributed by atoms with Gasteiger partial charge in [-0.15, -0.1) is 0 Å². The van der Waals surface area contributed by atoms with Crippen LogP contribution in [0.1, 0.15) is 13.3 Å². The number of carbonyl (C=O) groups is 2. The van der Waals surface area contributed by atoms with Gasteiger partial charge in [0.15, 0.2) is 11.2 Å². The molecule has 1 fully saturated rings. The average molecular weight is 351 g/mol. The summed E-state index contributed by atoms with van der Waals surface area (Å²) in [7, 11) is 0. The van der Waals surface area contributed by atoms with Gasteiger partial charge in [-0.25, -0.2) is 0 Å². The Hall–Kier alpha value is -1.80. The average Bonchev–Trinajstić information content (AvgIpc) is 2.80. The molecule has 0 spiro atoms. The molecule has 6 nitrogen and oxygen atoms in total. The second-order valence-electron chi connectivity index (χ2n) is 5.39. The van der Waals surface area contributed by atoms with Crippen molar-refractivity contribution in [1.82, 2.24) is 5.32 Å². The highest BCUT2D eigenvalue weighted by Crippen LogP contribution is 2.34. The summed E-state index contributed by atoms with van der Waals surface area (Å²) in [6.07, 6.45) is 2.20. The zero-order chi connectivity index (χ0) is 16.6. The number of hydrogen-bond donors (Lipinski definition) is 2. The first kappa shape index (κ1) is 16.1.